The van der Waals surface area contributed by atoms with Crippen LogP contribution < -0.4 is 0 Å². The number of pyridine rings is 1. The summed E-state index contributed by atoms with van der Waals surface area (Å²) in [5.74, 6) is 0.519. The van der Waals surface area contributed by atoms with Crippen LogP contribution in [0.25, 0.3) is 5.57 Å². The summed E-state index contributed by atoms with van der Waals surface area (Å²) in [4.78, 5) is 4.58. The molecule has 1 heterocycles. The van der Waals surface area contributed by atoms with Crippen LogP contribution in [-0.4, -0.2) is 4.98 Å². The van der Waals surface area contributed by atoms with Crippen LogP contribution in [0.5, 0.6) is 0 Å². The maximum Gasteiger partial charge on any atom is 0.0438 e. The van der Waals surface area contributed by atoms with Gasteiger partial charge in [-0.2, -0.15) is 0 Å². The molecule has 1 aromatic heterocycles. The Morgan fingerprint density at radius 3 is 2.67 bits per heavy atom. The summed E-state index contributed by atoms with van der Waals surface area (Å²) in [5.41, 5.74) is 5.27. The summed E-state index contributed by atoms with van der Waals surface area (Å²) in [5, 5.41) is 0. The molecule has 15 heavy (non-hydrogen) atoms. The Bertz CT molecular complexity index is 388. The molecule has 0 saturated heterocycles. The van der Waals surface area contributed by atoms with E-state index in [9.17, 15) is 0 Å². The fraction of sp³-hybridized carbons (Fsp3) is 0.500. The summed E-state index contributed by atoms with van der Waals surface area (Å²) in [7, 11) is 0. The third-order valence-corrected chi connectivity index (χ3v) is 2.98. The van der Waals surface area contributed by atoms with E-state index in [2.05, 4.69) is 44.0 Å². The standard InChI is InChI=1S/C14H19N/c1-10(2)14-9-13(8-11(3)15-14)12-6-4-5-7-12/h6,8-10H,4-5,7H2,1-3H3. The van der Waals surface area contributed by atoms with Crippen molar-refractivity contribution in [1.82, 2.24) is 4.98 Å². The van der Waals surface area contributed by atoms with Gasteiger partial charge < -0.3 is 0 Å². The fourth-order valence-corrected chi connectivity index (χ4v) is 2.11. The second-order valence-corrected chi connectivity index (χ2v) is 4.70. The van der Waals surface area contributed by atoms with Crippen LogP contribution in [0.2, 0.25) is 0 Å². The summed E-state index contributed by atoms with van der Waals surface area (Å²) in [6.45, 7) is 6.49. The lowest BCUT2D eigenvalue weighted by Gasteiger charge is -2.10. The topological polar surface area (TPSA) is 12.9 Å². The molecule has 0 amide bonds. The van der Waals surface area contributed by atoms with Gasteiger partial charge in [-0.05, 0) is 55.4 Å². The molecule has 0 N–H and O–H groups in total. The van der Waals surface area contributed by atoms with Crippen LogP contribution in [0, 0.1) is 6.92 Å². The van der Waals surface area contributed by atoms with Gasteiger partial charge >= 0.3 is 0 Å². The number of rotatable bonds is 2. The Kier molecular flexibility index (Phi) is 2.90. The largest absolute Gasteiger partial charge is 0.258 e. The highest BCUT2D eigenvalue weighted by Crippen LogP contribution is 2.29. The van der Waals surface area contributed by atoms with Gasteiger partial charge in [0.15, 0.2) is 0 Å². The minimum Gasteiger partial charge on any atom is -0.258 e. The molecule has 0 atom stereocenters. The molecule has 0 unspecified atom stereocenters. The molecule has 0 aliphatic heterocycles. The average Bonchev–Trinajstić information content (AvgIpc) is 2.69. The number of aromatic nitrogens is 1. The summed E-state index contributed by atoms with van der Waals surface area (Å²) < 4.78 is 0. The molecule has 1 aliphatic carbocycles. The quantitative estimate of drug-likeness (QED) is 0.702. The highest BCUT2D eigenvalue weighted by molar-refractivity contribution is 5.67. The molecule has 1 heteroatoms. The summed E-state index contributed by atoms with van der Waals surface area (Å²) in [6.07, 6.45) is 6.17. The molecule has 0 fully saturated rings. The van der Waals surface area contributed by atoms with Gasteiger partial charge in [0.05, 0.1) is 0 Å². The minimum atomic E-state index is 0.519. The second-order valence-electron chi connectivity index (χ2n) is 4.70. The van der Waals surface area contributed by atoms with E-state index in [1.807, 2.05) is 0 Å². The summed E-state index contributed by atoms with van der Waals surface area (Å²) >= 11 is 0. The van der Waals surface area contributed by atoms with Crippen LogP contribution in [0.4, 0.5) is 0 Å². The van der Waals surface area contributed by atoms with Crippen molar-refractivity contribution in [2.45, 2.75) is 46.0 Å². The Morgan fingerprint density at radius 2 is 2.07 bits per heavy atom. The monoisotopic (exact) mass is 201 g/mol. The lowest BCUT2D eigenvalue weighted by atomic mass is 10.0. The second kappa shape index (κ2) is 4.18. The zero-order valence-corrected chi connectivity index (χ0v) is 9.88. The maximum atomic E-state index is 4.58. The third-order valence-electron chi connectivity index (χ3n) is 2.98. The van der Waals surface area contributed by atoms with Crippen LogP contribution in [0.3, 0.4) is 0 Å². The molecular weight excluding hydrogens is 182 g/mol. The lowest BCUT2D eigenvalue weighted by molar-refractivity contribution is 0.814. The van der Waals surface area contributed by atoms with E-state index >= 15 is 0 Å². The Morgan fingerprint density at radius 1 is 1.27 bits per heavy atom. The van der Waals surface area contributed by atoms with Crippen molar-refractivity contribution < 1.29 is 0 Å². The Labute approximate surface area is 92.2 Å². The lowest BCUT2D eigenvalue weighted by Crippen LogP contribution is -1.97. The van der Waals surface area contributed by atoms with E-state index < -0.39 is 0 Å². The van der Waals surface area contributed by atoms with E-state index in [-0.39, 0.29) is 0 Å². The number of allylic oxidation sites excluding steroid dienone is 2. The van der Waals surface area contributed by atoms with E-state index in [0.717, 1.165) is 5.69 Å². The van der Waals surface area contributed by atoms with Gasteiger partial charge in [0.2, 0.25) is 0 Å². The zero-order valence-electron chi connectivity index (χ0n) is 9.88. The number of hydrogen-bond donors (Lipinski definition) is 0. The SMILES string of the molecule is Cc1cc(C2=CCCC2)cc(C(C)C)n1. The van der Waals surface area contributed by atoms with E-state index in [4.69, 9.17) is 0 Å². The van der Waals surface area contributed by atoms with Gasteiger partial charge in [-0.3, -0.25) is 4.98 Å². The number of aryl methyl sites for hydroxylation is 1. The van der Waals surface area contributed by atoms with Gasteiger partial charge in [-0.15, -0.1) is 0 Å². The third kappa shape index (κ3) is 2.28. The van der Waals surface area contributed by atoms with Crippen LogP contribution in [-0.2, 0) is 0 Å². The van der Waals surface area contributed by atoms with Crippen LogP contribution in [0.1, 0.15) is 56.0 Å². The minimum absolute atomic E-state index is 0.519. The van der Waals surface area contributed by atoms with Crippen molar-refractivity contribution in [2.24, 2.45) is 0 Å². The smallest absolute Gasteiger partial charge is 0.0438 e. The molecule has 2 rings (SSSR count). The highest BCUT2D eigenvalue weighted by atomic mass is 14.7. The van der Waals surface area contributed by atoms with Gasteiger partial charge in [0, 0.05) is 11.4 Å². The van der Waals surface area contributed by atoms with Crippen LogP contribution >= 0.6 is 0 Å². The normalized spacial score (nSPS) is 15.9. The van der Waals surface area contributed by atoms with E-state index in [1.165, 1.54) is 36.1 Å². The van der Waals surface area contributed by atoms with E-state index in [0.29, 0.717) is 5.92 Å². The number of hydrogen-bond acceptors (Lipinski definition) is 1. The Hall–Kier alpha value is -1.11. The molecule has 0 aromatic carbocycles. The molecule has 0 spiro atoms. The van der Waals surface area contributed by atoms with Crippen molar-refractivity contribution in [2.75, 3.05) is 0 Å². The summed E-state index contributed by atoms with van der Waals surface area (Å²) in [6, 6.07) is 4.47. The van der Waals surface area contributed by atoms with Gasteiger partial charge in [0.25, 0.3) is 0 Å². The Balaban J connectivity index is 2.39. The molecule has 0 bridgehead atoms. The van der Waals surface area contributed by atoms with Gasteiger partial charge in [0.1, 0.15) is 0 Å². The first-order chi connectivity index (χ1) is 7.16. The predicted molar refractivity (Wildman–Crippen MR) is 64.9 cm³/mol. The number of nitrogens with zero attached hydrogens (tertiary/aromatic N) is 1. The van der Waals surface area contributed by atoms with Crippen molar-refractivity contribution in [1.29, 1.82) is 0 Å². The average molecular weight is 201 g/mol. The first-order valence-electron chi connectivity index (χ1n) is 5.85. The molecule has 1 aliphatic rings. The zero-order chi connectivity index (χ0) is 10.8. The molecule has 1 aromatic rings. The molecule has 1 nitrogen and oxygen atoms in total. The van der Waals surface area contributed by atoms with Crippen LogP contribution in [0.15, 0.2) is 18.2 Å². The molecule has 0 radical (unpaired) electrons. The van der Waals surface area contributed by atoms with Crippen molar-refractivity contribution in [3.63, 3.8) is 0 Å². The highest BCUT2D eigenvalue weighted by Gasteiger charge is 2.10. The molecule has 80 valence electrons. The van der Waals surface area contributed by atoms with Gasteiger partial charge in [-0.25, -0.2) is 0 Å². The maximum absolute atomic E-state index is 4.58. The van der Waals surface area contributed by atoms with E-state index in [1.54, 1.807) is 0 Å². The van der Waals surface area contributed by atoms with Crippen molar-refractivity contribution >= 4 is 5.57 Å². The first-order valence-corrected chi connectivity index (χ1v) is 5.85. The first kappa shape index (κ1) is 10.4. The molecular formula is C14H19N. The molecule has 0 saturated carbocycles. The fourth-order valence-electron chi connectivity index (χ4n) is 2.11. The predicted octanol–water partition coefficient (Wildman–Crippen LogP) is 4.08. The van der Waals surface area contributed by atoms with Crippen molar-refractivity contribution in [3.05, 3.63) is 35.2 Å². The van der Waals surface area contributed by atoms with Gasteiger partial charge in [-0.1, -0.05) is 19.9 Å². The van der Waals surface area contributed by atoms with Crippen molar-refractivity contribution in [3.8, 4) is 0 Å².